The summed E-state index contributed by atoms with van der Waals surface area (Å²) in [5.41, 5.74) is 0. The fraction of sp³-hybridized carbons (Fsp3) is 1.00. The molecule has 0 saturated heterocycles. The number of hydrogen-bond acceptors (Lipinski definition) is 2. The monoisotopic (exact) mass is 225 g/mol. The van der Waals surface area contributed by atoms with Crippen molar-refractivity contribution in [3.63, 3.8) is 0 Å². The largest absolute Gasteiger partial charge is 0.393 e. The van der Waals surface area contributed by atoms with E-state index in [9.17, 15) is 5.11 Å². The summed E-state index contributed by atoms with van der Waals surface area (Å²) in [4.78, 5) is 2.46. The Morgan fingerprint density at radius 2 is 1.69 bits per heavy atom. The van der Waals surface area contributed by atoms with Gasteiger partial charge in [-0.2, -0.15) is 0 Å². The van der Waals surface area contributed by atoms with E-state index in [4.69, 9.17) is 0 Å². The van der Waals surface area contributed by atoms with Crippen molar-refractivity contribution in [3.8, 4) is 0 Å². The first-order valence-electron chi connectivity index (χ1n) is 7.12. The van der Waals surface area contributed by atoms with E-state index in [1.165, 1.54) is 51.5 Å². The molecule has 2 atom stereocenters. The van der Waals surface area contributed by atoms with Gasteiger partial charge >= 0.3 is 0 Å². The summed E-state index contributed by atoms with van der Waals surface area (Å²) in [6, 6.07) is 0. The molecular formula is C14H27NO. The lowest BCUT2D eigenvalue weighted by atomic mass is 9.85. The molecule has 1 N–H and O–H groups in total. The molecule has 2 unspecified atom stereocenters. The van der Waals surface area contributed by atoms with Gasteiger partial charge in [0.15, 0.2) is 0 Å². The van der Waals surface area contributed by atoms with E-state index in [1.807, 2.05) is 0 Å². The molecule has 2 fully saturated rings. The number of hydrogen-bond donors (Lipinski definition) is 1. The first-order valence-corrected chi connectivity index (χ1v) is 7.12. The quantitative estimate of drug-likeness (QED) is 0.744. The van der Waals surface area contributed by atoms with Crippen molar-refractivity contribution in [2.75, 3.05) is 20.1 Å². The van der Waals surface area contributed by atoms with Crippen LogP contribution in [0.5, 0.6) is 0 Å². The van der Waals surface area contributed by atoms with Crippen LogP contribution in [-0.4, -0.2) is 36.2 Å². The van der Waals surface area contributed by atoms with Gasteiger partial charge in [0.2, 0.25) is 0 Å². The molecule has 2 saturated carbocycles. The highest BCUT2D eigenvalue weighted by atomic mass is 16.3. The predicted octanol–water partition coefficient (Wildman–Crippen LogP) is 2.66. The minimum absolute atomic E-state index is 0.0358. The topological polar surface area (TPSA) is 23.5 Å². The summed E-state index contributed by atoms with van der Waals surface area (Å²) >= 11 is 0. The molecule has 0 aromatic heterocycles. The molecule has 94 valence electrons. The molecule has 0 spiro atoms. The van der Waals surface area contributed by atoms with E-state index < -0.39 is 0 Å². The van der Waals surface area contributed by atoms with Crippen LogP contribution in [0.3, 0.4) is 0 Å². The van der Waals surface area contributed by atoms with Crippen molar-refractivity contribution in [2.45, 2.75) is 57.5 Å². The molecule has 0 heterocycles. The second-order valence-electron chi connectivity index (χ2n) is 5.98. The summed E-state index contributed by atoms with van der Waals surface area (Å²) in [7, 11) is 2.23. The average molecular weight is 225 g/mol. The smallest absolute Gasteiger partial charge is 0.0580 e. The molecule has 2 aliphatic carbocycles. The summed E-state index contributed by atoms with van der Waals surface area (Å²) in [6.07, 6.45) is 10.4. The number of rotatable bonds is 4. The molecule has 2 nitrogen and oxygen atoms in total. The number of nitrogens with zero attached hydrogens (tertiary/aromatic N) is 1. The SMILES string of the molecule is CN(CC1CCC1)CC1CCCCCC1O. The molecule has 2 rings (SSSR count). The zero-order valence-electron chi connectivity index (χ0n) is 10.7. The van der Waals surface area contributed by atoms with Gasteiger partial charge in [0, 0.05) is 13.1 Å². The van der Waals surface area contributed by atoms with Crippen LogP contribution in [0, 0.1) is 11.8 Å². The molecule has 0 radical (unpaired) electrons. The first kappa shape index (κ1) is 12.4. The van der Waals surface area contributed by atoms with Crippen LogP contribution in [0.1, 0.15) is 51.4 Å². The Labute approximate surface area is 100 Å². The lowest BCUT2D eigenvalue weighted by Gasteiger charge is -2.33. The van der Waals surface area contributed by atoms with Crippen LogP contribution < -0.4 is 0 Å². The van der Waals surface area contributed by atoms with E-state index in [1.54, 1.807) is 0 Å². The second-order valence-corrected chi connectivity index (χ2v) is 5.98. The van der Waals surface area contributed by atoms with Crippen LogP contribution in [0.15, 0.2) is 0 Å². The standard InChI is InChI=1S/C14H27NO/c1-15(10-12-6-5-7-12)11-13-8-3-2-4-9-14(13)16/h12-14,16H,2-11H2,1H3. The Kier molecular flexibility index (Phi) is 4.66. The van der Waals surface area contributed by atoms with E-state index in [2.05, 4.69) is 11.9 Å². The lowest BCUT2D eigenvalue weighted by Crippen LogP contribution is -2.36. The predicted molar refractivity (Wildman–Crippen MR) is 67.4 cm³/mol. The van der Waals surface area contributed by atoms with Gasteiger partial charge in [-0.15, -0.1) is 0 Å². The number of aliphatic hydroxyl groups excluding tert-OH is 1. The van der Waals surface area contributed by atoms with Gasteiger partial charge in [0.1, 0.15) is 0 Å². The van der Waals surface area contributed by atoms with E-state index in [0.29, 0.717) is 5.92 Å². The maximum atomic E-state index is 10.1. The van der Waals surface area contributed by atoms with Crippen molar-refractivity contribution in [3.05, 3.63) is 0 Å². The normalized spacial score (nSPS) is 32.4. The van der Waals surface area contributed by atoms with Crippen molar-refractivity contribution < 1.29 is 5.11 Å². The van der Waals surface area contributed by atoms with Crippen molar-refractivity contribution in [1.82, 2.24) is 4.90 Å². The summed E-state index contributed by atoms with van der Waals surface area (Å²) in [6.45, 7) is 2.36. The van der Waals surface area contributed by atoms with Gasteiger partial charge in [-0.1, -0.05) is 25.7 Å². The van der Waals surface area contributed by atoms with Gasteiger partial charge in [0.25, 0.3) is 0 Å². The highest BCUT2D eigenvalue weighted by Crippen LogP contribution is 2.28. The molecule has 0 amide bonds. The fourth-order valence-corrected chi connectivity index (χ4v) is 3.17. The molecule has 16 heavy (non-hydrogen) atoms. The second kappa shape index (κ2) is 6.02. The molecular weight excluding hydrogens is 198 g/mol. The maximum Gasteiger partial charge on any atom is 0.0580 e. The van der Waals surface area contributed by atoms with Crippen LogP contribution in [0.2, 0.25) is 0 Å². The zero-order chi connectivity index (χ0) is 11.4. The Morgan fingerprint density at radius 1 is 0.938 bits per heavy atom. The van der Waals surface area contributed by atoms with Gasteiger partial charge in [-0.05, 0) is 44.6 Å². The molecule has 2 aliphatic rings. The van der Waals surface area contributed by atoms with Crippen LogP contribution >= 0.6 is 0 Å². The minimum Gasteiger partial charge on any atom is -0.393 e. The minimum atomic E-state index is -0.0358. The zero-order valence-corrected chi connectivity index (χ0v) is 10.7. The third kappa shape index (κ3) is 3.46. The molecule has 0 aromatic rings. The van der Waals surface area contributed by atoms with Crippen molar-refractivity contribution in [2.24, 2.45) is 11.8 Å². The molecule has 0 aliphatic heterocycles. The van der Waals surface area contributed by atoms with Crippen LogP contribution in [-0.2, 0) is 0 Å². The Balaban J connectivity index is 1.72. The van der Waals surface area contributed by atoms with E-state index in [-0.39, 0.29) is 6.10 Å². The van der Waals surface area contributed by atoms with E-state index in [0.717, 1.165) is 18.9 Å². The first-order chi connectivity index (χ1) is 7.75. The third-order valence-corrected chi connectivity index (χ3v) is 4.46. The summed E-state index contributed by atoms with van der Waals surface area (Å²) in [5, 5.41) is 10.1. The van der Waals surface area contributed by atoms with Gasteiger partial charge in [-0.3, -0.25) is 0 Å². The third-order valence-electron chi connectivity index (χ3n) is 4.46. The molecule has 2 heteroatoms. The fourth-order valence-electron chi connectivity index (χ4n) is 3.17. The highest BCUT2D eigenvalue weighted by molar-refractivity contribution is 4.78. The highest BCUT2D eigenvalue weighted by Gasteiger charge is 2.25. The van der Waals surface area contributed by atoms with Crippen LogP contribution in [0.4, 0.5) is 0 Å². The number of aliphatic hydroxyl groups is 1. The van der Waals surface area contributed by atoms with Crippen molar-refractivity contribution >= 4 is 0 Å². The van der Waals surface area contributed by atoms with Crippen LogP contribution in [0.25, 0.3) is 0 Å². The summed E-state index contributed by atoms with van der Waals surface area (Å²) in [5.74, 6) is 1.49. The van der Waals surface area contributed by atoms with Gasteiger partial charge < -0.3 is 10.0 Å². The lowest BCUT2D eigenvalue weighted by molar-refractivity contribution is 0.0717. The average Bonchev–Trinajstić information content (AvgIpc) is 2.39. The Bertz CT molecular complexity index is 203. The molecule has 0 aromatic carbocycles. The molecule has 0 bridgehead atoms. The maximum absolute atomic E-state index is 10.1. The summed E-state index contributed by atoms with van der Waals surface area (Å²) < 4.78 is 0. The van der Waals surface area contributed by atoms with Gasteiger partial charge in [0.05, 0.1) is 6.10 Å². The Hall–Kier alpha value is -0.0800. The Morgan fingerprint density at radius 3 is 2.38 bits per heavy atom. The van der Waals surface area contributed by atoms with Crippen molar-refractivity contribution in [1.29, 1.82) is 0 Å². The van der Waals surface area contributed by atoms with Gasteiger partial charge in [-0.25, -0.2) is 0 Å². The van der Waals surface area contributed by atoms with E-state index >= 15 is 0 Å².